The predicted molar refractivity (Wildman–Crippen MR) is 124 cm³/mol. The second-order valence-corrected chi connectivity index (χ2v) is 8.39. The van der Waals surface area contributed by atoms with E-state index < -0.39 is 23.7 Å². The highest BCUT2D eigenvalue weighted by molar-refractivity contribution is 6.46. The Kier molecular flexibility index (Phi) is 7.53. The zero-order chi connectivity index (χ0) is 24.1. The molecule has 3 rings (SSSR count). The van der Waals surface area contributed by atoms with Crippen molar-refractivity contribution in [3.63, 3.8) is 0 Å². The lowest BCUT2D eigenvalue weighted by atomic mass is 9.95. The van der Waals surface area contributed by atoms with E-state index in [1.54, 1.807) is 48.5 Å². The minimum absolute atomic E-state index is 0.00515. The third-order valence-corrected chi connectivity index (χ3v) is 5.13. The van der Waals surface area contributed by atoms with Crippen molar-refractivity contribution in [1.29, 1.82) is 0 Å². The Morgan fingerprint density at radius 2 is 1.79 bits per heavy atom. The fourth-order valence-electron chi connectivity index (χ4n) is 3.76. The number of amides is 1. The van der Waals surface area contributed by atoms with Gasteiger partial charge in [0.2, 0.25) is 0 Å². The first kappa shape index (κ1) is 24.0. The van der Waals surface area contributed by atoms with Crippen molar-refractivity contribution in [1.82, 2.24) is 4.90 Å². The molecule has 1 atom stereocenters. The number of hydrogen-bond acceptors (Lipinski definition) is 6. The number of hydrogen-bond donors (Lipinski definition) is 1. The minimum atomic E-state index is -0.805. The third-order valence-electron chi connectivity index (χ3n) is 5.13. The van der Waals surface area contributed by atoms with Gasteiger partial charge in [-0.05, 0) is 42.2 Å². The molecular weight excluding hydrogens is 422 g/mol. The number of likely N-dealkylation sites (tertiary alicyclic amines) is 1. The van der Waals surface area contributed by atoms with Gasteiger partial charge in [-0.2, -0.15) is 0 Å². The molecule has 7 heteroatoms. The maximum Gasteiger partial charge on any atom is 0.308 e. The molecule has 1 N–H and O–H groups in total. The molecule has 174 valence electrons. The van der Waals surface area contributed by atoms with Gasteiger partial charge in [-0.3, -0.25) is 14.4 Å². The number of rotatable bonds is 8. The number of aliphatic hydroxyl groups excluding tert-OH is 1. The van der Waals surface area contributed by atoms with E-state index in [1.165, 1.54) is 11.8 Å². The molecule has 1 heterocycles. The molecule has 0 spiro atoms. The molecule has 33 heavy (non-hydrogen) atoms. The Bertz CT molecular complexity index is 1090. The molecule has 1 aliphatic heterocycles. The zero-order valence-electron chi connectivity index (χ0n) is 19.3. The average molecular weight is 452 g/mol. The van der Waals surface area contributed by atoms with Crippen molar-refractivity contribution in [2.24, 2.45) is 5.92 Å². The Labute approximate surface area is 193 Å². The second-order valence-electron chi connectivity index (χ2n) is 8.39. The van der Waals surface area contributed by atoms with Crippen LogP contribution in [-0.2, 0) is 14.4 Å². The van der Waals surface area contributed by atoms with Gasteiger partial charge < -0.3 is 19.5 Å². The second kappa shape index (κ2) is 10.3. The van der Waals surface area contributed by atoms with Crippen LogP contribution >= 0.6 is 0 Å². The number of aliphatic hydroxyl groups is 1. The monoisotopic (exact) mass is 451 g/mol. The van der Waals surface area contributed by atoms with Crippen molar-refractivity contribution < 1.29 is 29.0 Å². The maximum absolute atomic E-state index is 13.0. The Hall–Kier alpha value is -3.61. The molecule has 7 nitrogen and oxygen atoms in total. The van der Waals surface area contributed by atoms with Gasteiger partial charge in [0.25, 0.3) is 11.7 Å². The third kappa shape index (κ3) is 5.42. The molecule has 0 radical (unpaired) electrons. The Balaban J connectivity index is 2.10. The van der Waals surface area contributed by atoms with Gasteiger partial charge in [-0.1, -0.05) is 45.0 Å². The van der Waals surface area contributed by atoms with Crippen LogP contribution in [0.25, 0.3) is 5.76 Å². The topological polar surface area (TPSA) is 93.1 Å². The van der Waals surface area contributed by atoms with Crippen LogP contribution in [0, 0.1) is 5.92 Å². The highest BCUT2D eigenvalue weighted by Crippen LogP contribution is 2.40. The van der Waals surface area contributed by atoms with Crippen LogP contribution in [0.15, 0.2) is 54.1 Å². The number of carbonyl (C=O) groups is 3. The first-order valence-electron chi connectivity index (χ1n) is 11.0. The highest BCUT2D eigenvalue weighted by atomic mass is 16.5. The Morgan fingerprint density at radius 3 is 2.45 bits per heavy atom. The number of ether oxygens (including phenoxy) is 2. The molecule has 1 fully saturated rings. The van der Waals surface area contributed by atoms with E-state index in [2.05, 4.69) is 0 Å². The molecule has 1 amide bonds. The quantitative estimate of drug-likeness (QED) is 0.209. The average Bonchev–Trinajstić information content (AvgIpc) is 3.02. The number of ketones is 1. The largest absolute Gasteiger partial charge is 0.507 e. The summed E-state index contributed by atoms with van der Waals surface area (Å²) in [5.74, 6) is -0.995. The van der Waals surface area contributed by atoms with Crippen LogP contribution in [0.4, 0.5) is 0 Å². The summed E-state index contributed by atoms with van der Waals surface area (Å²) < 4.78 is 10.9. The molecule has 2 aromatic rings. The SMILES string of the molecule is CCCN1C(=O)C(=O)/C(=C(\O)c2cccc(OCC(C)C)c2)C1c1cccc(OC(C)=O)c1. The molecule has 1 unspecified atom stereocenters. The van der Waals surface area contributed by atoms with Crippen LogP contribution in [0.3, 0.4) is 0 Å². The van der Waals surface area contributed by atoms with Gasteiger partial charge in [-0.15, -0.1) is 0 Å². The van der Waals surface area contributed by atoms with Gasteiger partial charge in [0.1, 0.15) is 17.3 Å². The number of esters is 1. The summed E-state index contributed by atoms with van der Waals surface area (Å²) in [7, 11) is 0. The molecular formula is C26H29NO6. The van der Waals surface area contributed by atoms with Gasteiger partial charge >= 0.3 is 5.97 Å². The van der Waals surface area contributed by atoms with Crippen molar-refractivity contribution in [2.45, 2.75) is 40.2 Å². The summed E-state index contributed by atoms with van der Waals surface area (Å²) in [6.07, 6.45) is 0.631. The van der Waals surface area contributed by atoms with E-state index in [0.29, 0.717) is 48.1 Å². The fourth-order valence-corrected chi connectivity index (χ4v) is 3.76. The molecule has 0 saturated carbocycles. The molecule has 0 aliphatic carbocycles. The lowest BCUT2D eigenvalue weighted by molar-refractivity contribution is -0.139. The van der Waals surface area contributed by atoms with Crippen molar-refractivity contribution >= 4 is 23.4 Å². The van der Waals surface area contributed by atoms with Crippen LogP contribution in [0.5, 0.6) is 11.5 Å². The van der Waals surface area contributed by atoms with Crippen molar-refractivity contribution in [2.75, 3.05) is 13.2 Å². The van der Waals surface area contributed by atoms with Crippen LogP contribution in [0.1, 0.15) is 51.3 Å². The van der Waals surface area contributed by atoms with Gasteiger partial charge in [0.15, 0.2) is 0 Å². The summed E-state index contributed by atoms with van der Waals surface area (Å²) >= 11 is 0. The molecule has 0 bridgehead atoms. The first-order valence-corrected chi connectivity index (χ1v) is 11.0. The number of Topliss-reactive ketones (excluding diaryl/α,β-unsaturated/α-hetero) is 1. The van der Waals surface area contributed by atoms with E-state index in [0.717, 1.165) is 0 Å². The normalized spacial score (nSPS) is 17.5. The van der Waals surface area contributed by atoms with E-state index in [4.69, 9.17) is 9.47 Å². The number of benzene rings is 2. The minimum Gasteiger partial charge on any atom is -0.507 e. The number of nitrogens with zero attached hydrogens (tertiary/aromatic N) is 1. The summed E-state index contributed by atoms with van der Waals surface area (Å²) in [5.41, 5.74) is 0.941. The van der Waals surface area contributed by atoms with Crippen molar-refractivity contribution in [3.05, 3.63) is 65.2 Å². The smallest absolute Gasteiger partial charge is 0.308 e. The van der Waals surface area contributed by atoms with Gasteiger partial charge in [-0.25, -0.2) is 0 Å². The zero-order valence-corrected chi connectivity index (χ0v) is 19.3. The molecule has 0 aromatic heterocycles. The highest BCUT2D eigenvalue weighted by Gasteiger charge is 2.45. The lowest BCUT2D eigenvalue weighted by Gasteiger charge is -2.25. The lowest BCUT2D eigenvalue weighted by Crippen LogP contribution is -2.30. The Morgan fingerprint density at radius 1 is 1.09 bits per heavy atom. The van der Waals surface area contributed by atoms with E-state index in [-0.39, 0.29) is 11.3 Å². The fraction of sp³-hybridized carbons (Fsp3) is 0.346. The van der Waals surface area contributed by atoms with E-state index in [1.807, 2.05) is 20.8 Å². The summed E-state index contributed by atoms with van der Waals surface area (Å²) in [6.45, 7) is 8.10. The van der Waals surface area contributed by atoms with Gasteiger partial charge in [0, 0.05) is 19.0 Å². The van der Waals surface area contributed by atoms with Crippen LogP contribution in [-0.4, -0.2) is 40.8 Å². The van der Waals surface area contributed by atoms with Crippen LogP contribution < -0.4 is 9.47 Å². The standard InChI is InChI=1S/C26H29NO6/c1-5-12-27-23(18-8-6-11-21(13-18)33-17(4)28)22(25(30)26(27)31)24(29)19-9-7-10-20(14-19)32-15-16(2)3/h6-11,13-14,16,23,29H,5,12,15H2,1-4H3/b24-22-. The maximum atomic E-state index is 13.0. The summed E-state index contributed by atoms with van der Waals surface area (Å²) in [4.78, 5) is 38.7. The summed E-state index contributed by atoms with van der Waals surface area (Å²) in [6, 6.07) is 12.7. The number of carbonyl (C=O) groups excluding carboxylic acids is 3. The van der Waals surface area contributed by atoms with E-state index in [9.17, 15) is 19.5 Å². The first-order chi connectivity index (χ1) is 15.7. The molecule has 2 aromatic carbocycles. The molecule has 1 aliphatic rings. The van der Waals surface area contributed by atoms with E-state index >= 15 is 0 Å². The van der Waals surface area contributed by atoms with Gasteiger partial charge in [0.05, 0.1) is 18.2 Å². The predicted octanol–water partition coefficient (Wildman–Crippen LogP) is 4.48. The molecule has 1 saturated heterocycles. The summed E-state index contributed by atoms with van der Waals surface area (Å²) in [5, 5.41) is 11.2. The van der Waals surface area contributed by atoms with Crippen LogP contribution in [0.2, 0.25) is 0 Å². The van der Waals surface area contributed by atoms with Crippen molar-refractivity contribution in [3.8, 4) is 11.5 Å².